The molecule has 1 saturated heterocycles. The summed E-state index contributed by atoms with van der Waals surface area (Å²) in [5, 5.41) is 6.59. The molecule has 5 heteroatoms. The van der Waals surface area contributed by atoms with Crippen LogP contribution in [0.25, 0.3) is 0 Å². The van der Waals surface area contributed by atoms with Crippen molar-refractivity contribution < 1.29 is 9.59 Å². The molecule has 13 heavy (non-hydrogen) atoms. The zero-order valence-corrected chi connectivity index (χ0v) is 7.77. The Labute approximate surface area is 79.4 Å². The number of hydrogen-bond acceptors (Lipinski definition) is 3. The Morgan fingerprint density at radius 2 is 2.15 bits per heavy atom. The molecule has 0 spiro atoms. The van der Waals surface area contributed by atoms with Crippen LogP contribution in [0.1, 0.15) is 6.92 Å². The van der Waals surface area contributed by atoms with Gasteiger partial charge in [0.25, 0.3) is 5.91 Å². The molecule has 0 aromatic carbocycles. The zero-order valence-electron chi connectivity index (χ0n) is 6.96. The molecule has 3 amide bonds. The number of allylic oxidation sites excluding steroid dienone is 2. The Hall–Kier alpha value is -1.23. The summed E-state index contributed by atoms with van der Waals surface area (Å²) >= 11 is 1.48. The fourth-order valence-electron chi connectivity index (χ4n) is 1.25. The molecule has 0 aromatic heterocycles. The van der Waals surface area contributed by atoms with Crippen LogP contribution in [0, 0.1) is 5.92 Å². The predicted molar refractivity (Wildman–Crippen MR) is 49.6 cm³/mol. The first-order valence-corrected chi connectivity index (χ1v) is 4.76. The summed E-state index contributed by atoms with van der Waals surface area (Å²) in [4.78, 5) is 23.0. The SMILES string of the molecule is CC1C=CS/C1=C1\NC(=O)NC1=O. The summed E-state index contributed by atoms with van der Waals surface area (Å²) in [5.74, 6) is -0.118. The highest BCUT2D eigenvalue weighted by Crippen LogP contribution is 2.35. The van der Waals surface area contributed by atoms with E-state index in [1.54, 1.807) is 0 Å². The first-order chi connectivity index (χ1) is 6.18. The van der Waals surface area contributed by atoms with Crippen LogP contribution in [-0.2, 0) is 4.79 Å². The second kappa shape index (κ2) is 2.92. The Morgan fingerprint density at radius 1 is 1.38 bits per heavy atom. The van der Waals surface area contributed by atoms with Crippen LogP contribution in [-0.4, -0.2) is 11.9 Å². The Bertz CT molecular complexity index is 346. The molecular weight excluding hydrogens is 188 g/mol. The minimum Gasteiger partial charge on any atom is -0.302 e. The van der Waals surface area contributed by atoms with Gasteiger partial charge in [-0.25, -0.2) is 4.79 Å². The van der Waals surface area contributed by atoms with Crippen molar-refractivity contribution in [1.82, 2.24) is 10.6 Å². The van der Waals surface area contributed by atoms with Crippen LogP contribution in [0.2, 0.25) is 0 Å². The monoisotopic (exact) mass is 196 g/mol. The van der Waals surface area contributed by atoms with Gasteiger partial charge in [-0.15, -0.1) is 0 Å². The van der Waals surface area contributed by atoms with E-state index in [4.69, 9.17) is 0 Å². The summed E-state index contributed by atoms with van der Waals surface area (Å²) < 4.78 is 0. The van der Waals surface area contributed by atoms with Gasteiger partial charge in [-0.3, -0.25) is 10.1 Å². The molecule has 2 aliphatic rings. The van der Waals surface area contributed by atoms with Crippen molar-refractivity contribution in [2.24, 2.45) is 5.92 Å². The van der Waals surface area contributed by atoms with Crippen molar-refractivity contribution in [2.45, 2.75) is 6.92 Å². The van der Waals surface area contributed by atoms with Crippen LogP contribution >= 0.6 is 11.8 Å². The van der Waals surface area contributed by atoms with Crippen molar-refractivity contribution in [2.75, 3.05) is 0 Å². The number of rotatable bonds is 0. The normalized spacial score (nSPS) is 32.2. The summed E-state index contributed by atoms with van der Waals surface area (Å²) in [6.07, 6.45) is 1.99. The van der Waals surface area contributed by atoms with Crippen molar-refractivity contribution in [3.63, 3.8) is 0 Å². The van der Waals surface area contributed by atoms with Gasteiger partial charge in [-0.2, -0.15) is 0 Å². The summed E-state index contributed by atoms with van der Waals surface area (Å²) in [6, 6.07) is -0.438. The molecule has 0 aliphatic carbocycles. The average Bonchev–Trinajstić information content (AvgIpc) is 2.58. The minimum atomic E-state index is -0.438. The third kappa shape index (κ3) is 1.35. The van der Waals surface area contributed by atoms with E-state index < -0.39 is 6.03 Å². The van der Waals surface area contributed by atoms with Gasteiger partial charge in [0.15, 0.2) is 0 Å². The summed E-state index contributed by atoms with van der Waals surface area (Å²) in [6.45, 7) is 1.98. The van der Waals surface area contributed by atoms with Crippen LogP contribution in [0.3, 0.4) is 0 Å². The number of urea groups is 1. The highest BCUT2D eigenvalue weighted by molar-refractivity contribution is 8.06. The highest BCUT2D eigenvalue weighted by atomic mass is 32.2. The van der Waals surface area contributed by atoms with Gasteiger partial charge >= 0.3 is 6.03 Å². The lowest BCUT2D eigenvalue weighted by atomic mass is 10.1. The molecule has 0 bridgehead atoms. The lowest BCUT2D eigenvalue weighted by molar-refractivity contribution is -0.115. The van der Waals surface area contributed by atoms with Crippen LogP contribution in [0.4, 0.5) is 4.79 Å². The van der Waals surface area contributed by atoms with Crippen molar-refractivity contribution in [1.29, 1.82) is 0 Å². The molecule has 2 N–H and O–H groups in total. The summed E-state index contributed by atoms with van der Waals surface area (Å²) in [7, 11) is 0. The maximum absolute atomic E-state index is 11.2. The third-order valence-corrected chi connectivity index (χ3v) is 3.04. The predicted octanol–water partition coefficient (Wildman–Crippen LogP) is 0.934. The zero-order chi connectivity index (χ0) is 9.42. The number of carbonyl (C=O) groups excluding carboxylic acids is 2. The van der Waals surface area contributed by atoms with E-state index >= 15 is 0 Å². The molecule has 0 radical (unpaired) electrons. The number of amides is 3. The maximum atomic E-state index is 11.2. The van der Waals surface area contributed by atoms with E-state index in [1.165, 1.54) is 11.8 Å². The fraction of sp³-hybridized carbons (Fsp3) is 0.250. The molecular formula is C8H8N2O2S. The molecule has 4 nitrogen and oxygen atoms in total. The van der Waals surface area contributed by atoms with Crippen LogP contribution in [0.5, 0.6) is 0 Å². The molecule has 2 rings (SSSR count). The van der Waals surface area contributed by atoms with Crippen LogP contribution < -0.4 is 10.6 Å². The Kier molecular flexibility index (Phi) is 1.88. The van der Waals surface area contributed by atoms with Crippen molar-refractivity contribution in [3.8, 4) is 0 Å². The topological polar surface area (TPSA) is 58.2 Å². The summed E-state index contributed by atoms with van der Waals surface area (Å²) in [5.41, 5.74) is 0.396. The molecule has 1 atom stereocenters. The van der Waals surface area contributed by atoms with E-state index in [0.717, 1.165) is 4.91 Å². The van der Waals surface area contributed by atoms with Gasteiger partial charge in [0, 0.05) is 10.8 Å². The van der Waals surface area contributed by atoms with E-state index in [9.17, 15) is 9.59 Å². The molecule has 0 saturated carbocycles. The third-order valence-electron chi connectivity index (χ3n) is 1.91. The van der Waals surface area contributed by atoms with Gasteiger partial charge in [0.05, 0.1) is 0 Å². The van der Waals surface area contributed by atoms with E-state index in [-0.39, 0.29) is 11.8 Å². The maximum Gasteiger partial charge on any atom is 0.326 e. The van der Waals surface area contributed by atoms with Crippen molar-refractivity contribution in [3.05, 3.63) is 22.1 Å². The largest absolute Gasteiger partial charge is 0.326 e. The number of carbonyl (C=O) groups is 2. The fourth-order valence-corrected chi connectivity index (χ4v) is 2.27. The Balaban J connectivity index is 2.34. The smallest absolute Gasteiger partial charge is 0.302 e. The first-order valence-electron chi connectivity index (χ1n) is 3.88. The first kappa shape index (κ1) is 8.37. The van der Waals surface area contributed by atoms with E-state index in [2.05, 4.69) is 10.6 Å². The van der Waals surface area contributed by atoms with Gasteiger partial charge in [0.2, 0.25) is 0 Å². The van der Waals surface area contributed by atoms with Crippen LogP contribution in [0.15, 0.2) is 22.1 Å². The lowest BCUT2D eigenvalue weighted by Crippen LogP contribution is -2.22. The molecule has 0 aromatic rings. The van der Waals surface area contributed by atoms with Crippen molar-refractivity contribution >= 4 is 23.7 Å². The highest BCUT2D eigenvalue weighted by Gasteiger charge is 2.29. The Morgan fingerprint density at radius 3 is 2.62 bits per heavy atom. The number of thioether (sulfide) groups is 1. The minimum absolute atomic E-state index is 0.212. The average molecular weight is 196 g/mol. The molecule has 2 heterocycles. The molecule has 68 valence electrons. The van der Waals surface area contributed by atoms with E-state index in [0.29, 0.717) is 5.70 Å². The number of imide groups is 1. The second-order valence-electron chi connectivity index (χ2n) is 2.88. The standard InChI is InChI=1S/C8H8N2O2S/c1-4-2-3-13-6(4)5-7(11)10-8(12)9-5/h2-4H,1H3,(H2,9,10,11,12)/b6-5-. The molecule has 1 unspecified atom stereocenters. The number of hydrogen-bond donors (Lipinski definition) is 2. The second-order valence-corrected chi connectivity index (χ2v) is 3.83. The van der Waals surface area contributed by atoms with E-state index in [1.807, 2.05) is 18.4 Å². The van der Waals surface area contributed by atoms with Gasteiger partial charge in [0.1, 0.15) is 5.70 Å². The quantitative estimate of drug-likeness (QED) is 0.447. The van der Waals surface area contributed by atoms with Gasteiger partial charge in [-0.1, -0.05) is 24.8 Å². The van der Waals surface area contributed by atoms with Gasteiger partial charge < -0.3 is 5.32 Å². The molecule has 2 aliphatic heterocycles. The number of nitrogens with one attached hydrogen (secondary N) is 2. The van der Waals surface area contributed by atoms with Gasteiger partial charge in [-0.05, 0) is 5.41 Å². The lowest BCUT2D eigenvalue weighted by Gasteiger charge is -2.05. The molecule has 1 fully saturated rings.